The maximum absolute atomic E-state index is 14.2. The molecule has 0 spiro atoms. The summed E-state index contributed by atoms with van der Waals surface area (Å²) in [5.74, 6) is -0.440. The number of rotatable bonds is 5. The van der Waals surface area contributed by atoms with Gasteiger partial charge in [0.15, 0.2) is 0 Å². The van der Waals surface area contributed by atoms with E-state index in [1.165, 1.54) is 25.3 Å². The van der Waals surface area contributed by atoms with E-state index >= 15 is 0 Å². The van der Waals surface area contributed by atoms with Gasteiger partial charge in [-0.25, -0.2) is 12.8 Å². The molecule has 0 atom stereocenters. The summed E-state index contributed by atoms with van der Waals surface area (Å²) in [6.45, 7) is 4.28. The van der Waals surface area contributed by atoms with Crippen LogP contribution in [0.4, 0.5) is 15.8 Å². The highest BCUT2D eigenvalue weighted by Gasteiger charge is 2.22. The van der Waals surface area contributed by atoms with E-state index in [1.54, 1.807) is 25.1 Å². The van der Waals surface area contributed by atoms with Gasteiger partial charge in [-0.3, -0.25) is 4.72 Å². The van der Waals surface area contributed by atoms with E-state index in [0.717, 1.165) is 11.3 Å². The summed E-state index contributed by atoms with van der Waals surface area (Å²) in [6.07, 6.45) is 0. The maximum atomic E-state index is 14.2. The lowest BCUT2D eigenvalue weighted by Crippen LogP contribution is -2.36. The lowest BCUT2D eigenvalue weighted by molar-refractivity contribution is 0.122. The molecule has 0 saturated carbocycles. The van der Waals surface area contributed by atoms with Crippen molar-refractivity contribution in [1.29, 1.82) is 0 Å². The smallest absolute Gasteiger partial charge is 0.265 e. The first kappa shape index (κ1) is 18.5. The van der Waals surface area contributed by atoms with Crippen molar-refractivity contribution in [2.24, 2.45) is 0 Å². The number of sulfonamides is 1. The van der Waals surface area contributed by atoms with Crippen LogP contribution in [0.5, 0.6) is 5.75 Å². The molecule has 0 radical (unpaired) electrons. The van der Waals surface area contributed by atoms with E-state index in [2.05, 4.69) is 4.72 Å². The fourth-order valence-corrected chi connectivity index (χ4v) is 4.12. The van der Waals surface area contributed by atoms with Crippen molar-refractivity contribution < 1.29 is 22.3 Å². The van der Waals surface area contributed by atoms with Crippen LogP contribution in [0.25, 0.3) is 0 Å². The molecule has 8 heteroatoms. The molecule has 2 aromatic rings. The summed E-state index contributed by atoms with van der Waals surface area (Å²) in [6, 6.07) is 9.20. The zero-order valence-electron chi connectivity index (χ0n) is 14.7. The van der Waals surface area contributed by atoms with Crippen LogP contribution in [0.3, 0.4) is 0 Å². The van der Waals surface area contributed by atoms with Gasteiger partial charge in [-0.2, -0.15) is 0 Å². The highest BCUT2D eigenvalue weighted by molar-refractivity contribution is 7.92. The SMILES string of the molecule is COc1ccc(C)cc1S(=O)(=O)Nc1cc(N2CCOCC2)ccc1F. The lowest BCUT2D eigenvalue weighted by Gasteiger charge is -2.29. The molecule has 3 rings (SSSR count). The number of morpholine rings is 1. The van der Waals surface area contributed by atoms with Crippen molar-refractivity contribution >= 4 is 21.4 Å². The predicted octanol–water partition coefficient (Wildman–Crippen LogP) is 2.78. The first-order valence-electron chi connectivity index (χ1n) is 8.20. The molecular weight excluding hydrogens is 359 g/mol. The monoisotopic (exact) mass is 380 g/mol. The second kappa shape index (κ2) is 7.51. The number of hydrogen-bond donors (Lipinski definition) is 1. The standard InChI is InChI=1S/C18H21FN2O4S/c1-13-3-6-17(24-2)18(11-13)26(22,23)20-16-12-14(4-5-15(16)19)21-7-9-25-10-8-21/h3-6,11-12,20H,7-10H2,1-2H3. The molecule has 0 amide bonds. The van der Waals surface area contributed by atoms with E-state index in [-0.39, 0.29) is 16.3 Å². The van der Waals surface area contributed by atoms with Crippen LogP contribution in [-0.4, -0.2) is 41.8 Å². The zero-order valence-corrected chi connectivity index (χ0v) is 15.5. The molecule has 0 unspecified atom stereocenters. The number of nitrogens with zero attached hydrogens (tertiary/aromatic N) is 1. The minimum Gasteiger partial charge on any atom is -0.495 e. The zero-order chi connectivity index (χ0) is 18.7. The van der Waals surface area contributed by atoms with E-state index in [1.807, 2.05) is 4.90 Å². The summed E-state index contributed by atoms with van der Waals surface area (Å²) >= 11 is 0. The molecule has 0 bridgehead atoms. The van der Waals surface area contributed by atoms with Gasteiger partial charge in [-0.05, 0) is 42.8 Å². The van der Waals surface area contributed by atoms with E-state index in [4.69, 9.17) is 9.47 Å². The summed E-state index contributed by atoms with van der Waals surface area (Å²) in [4.78, 5) is 1.99. The molecule has 1 fully saturated rings. The number of anilines is 2. The molecule has 140 valence electrons. The largest absolute Gasteiger partial charge is 0.495 e. The van der Waals surface area contributed by atoms with Gasteiger partial charge < -0.3 is 14.4 Å². The van der Waals surface area contributed by atoms with Crippen molar-refractivity contribution in [3.63, 3.8) is 0 Å². The molecule has 0 aliphatic carbocycles. The number of hydrogen-bond acceptors (Lipinski definition) is 5. The molecule has 1 heterocycles. The van der Waals surface area contributed by atoms with E-state index < -0.39 is 15.8 Å². The van der Waals surface area contributed by atoms with E-state index in [9.17, 15) is 12.8 Å². The maximum Gasteiger partial charge on any atom is 0.265 e. The second-order valence-electron chi connectivity index (χ2n) is 6.02. The molecule has 1 aliphatic heterocycles. The van der Waals surface area contributed by atoms with Gasteiger partial charge >= 0.3 is 0 Å². The third-order valence-electron chi connectivity index (χ3n) is 4.18. The quantitative estimate of drug-likeness (QED) is 0.864. The van der Waals surface area contributed by atoms with Gasteiger partial charge in [-0.1, -0.05) is 6.07 Å². The molecule has 26 heavy (non-hydrogen) atoms. The average molecular weight is 380 g/mol. The van der Waals surface area contributed by atoms with Crippen LogP contribution in [-0.2, 0) is 14.8 Å². The van der Waals surface area contributed by atoms with Crippen LogP contribution in [0, 0.1) is 12.7 Å². The number of aryl methyl sites for hydroxylation is 1. The van der Waals surface area contributed by atoms with Gasteiger partial charge in [0, 0.05) is 18.8 Å². The fourth-order valence-electron chi connectivity index (χ4n) is 2.80. The van der Waals surface area contributed by atoms with Crippen molar-refractivity contribution in [3.8, 4) is 5.75 Å². The van der Waals surface area contributed by atoms with E-state index in [0.29, 0.717) is 26.3 Å². The van der Waals surface area contributed by atoms with Gasteiger partial charge in [0.1, 0.15) is 16.5 Å². The molecule has 6 nitrogen and oxygen atoms in total. The minimum atomic E-state index is -4.01. The Hall–Kier alpha value is -2.32. The minimum absolute atomic E-state index is 0.0313. The van der Waals surface area contributed by atoms with Crippen LogP contribution < -0.4 is 14.4 Å². The highest BCUT2D eigenvalue weighted by Crippen LogP contribution is 2.29. The average Bonchev–Trinajstić information content (AvgIpc) is 2.64. The summed E-state index contributed by atoms with van der Waals surface area (Å²) in [5.41, 5.74) is 1.40. The van der Waals surface area contributed by atoms with Gasteiger partial charge in [0.25, 0.3) is 10.0 Å². The fraction of sp³-hybridized carbons (Fsp3) is 0.333. The van der Waals surface area contributed by atoms with Crippen molar-refractivity contribution in [1.82, 2.24) is 0 Å². The molecular formula is C18H21FN2O4S. The third-order valence-corrected chi connectivity index (χ3v) is 5.57. The first-order chi connectivity index (χ1) is 12.4. The van der Waals surface area contributed by atoms with Crippen LogP contribution in [0.15, 0.2) is 41.3 Å². The Morgan fingerprint density at radius 3 is 2.58 bits per heavy atom. The topological polar surface area (TPSA) is 67.9 Å². The van der Waals surface area contributed by atoms with Gasteiger partial charge in [0.05, 0.1) is 26.0 Å². The van der Waals surface area contributed by atoms with Crippen LogP contribution in [0.2, 0.25) is 0 Å². The van der Waals surface area contributed by atoms with Crippen molar-refractivity contribution in [3.05, 3.63) is 47.8 Å². The number of halogens is 1. The molecule has 2 aromatic carbocycles. The summed E-state index contributed by atoms with van der Waals surface area (Å²) < 4.78 is 52.6. The normalized spacial score (nSPS) is 15.0. The molecule has 1 aliphatic rings. The molecule has 0 aromatic heterocycles. The predicted molar refractivity (Wildman–Crippen MR) is 98.0 cm³/mol. The first-order valence-corrected chi connectivity index (χ1v) is 9.69. The molecule has 1 saturated heterocycles. The number of benzene rings is 2. The third kappa shape index (κ3) is 3.91. The van der Waals surface area contributed by atoms with Gasteiger partial charge in [0.2, 0.25) is 0 Å². The Morgan fingerprint density at radius 1 is 1.15 bits per heavy atom. The van der Waals surface area contributed by atoms with Crippen LogP contribution in [0.1, 0.15) is 5.56 Å². The van der Waals surface area contributed by atoms with Gasteiger partial charge in [-0.15, -0.1) is 0 Å². The number of nitrogens with one attached hydrogen (secondary N) is 1. The number of ether oxygens (including phenoxy) is 2. The van der Waals surface area contributed by atoms with Crippen LogP contribution >= 0.6 is 0 Å². The Labute approximate surface area is 152 Å². The summed E-state index contributed by atoms with van der Waals surface area (Å²) in [7, 11) is -2.61. The highest BCUT2D eigenvalue weighted by atomic mass is 32.2. The Bertz CT molecular complexity index is 896. The lowest BCUT2D eigenvalue weighted by atomic mass is 10.2. The van der Waals surface area contributed by atoms with Crippen molar-refractivity contribution in [2.75, 3.05) is 43.0 Å². The van der Waals surface area contributed by atoms with Crippen molar-refractivity contribution in [2.45, 2.75) is 11.8 Å². The molecule has 1 N–H and O–H groups in total. The Kier molecular flexibility index (Phi) is 5.33. The Balaban J connectivity index is 1.93. The number of methoxy groups -OCH3 is 1. The Morgan fingerprint density at radius 2 is 1.88 bits per heavy atom. The summed E-state index contributed by atoms with van der Waals surface area (Å²) in [5, 5.41) is 0. The second-order valence-corrected chi connectivity index (χ2v) is 7.67.